The molecule has 0 atom stereocenters. The van der Waals surface area contributed by atoms with E-state index in [-0.39, 0.29) is 31.4 Å². The summed E-state index contributed by atoms with van der Waals surface area (Å²) in [6.07, 6.45) is 1.47. The molecule has 0 aromatic carbocycles. The molecule has 5 N–H and O–H groups in total. The Hall–Kier alpha value is -0.950. The molecule has 0 fully saturated rings. The Balaban J connectivity index is 0. The smallest absolute Gasteiger partial charge is 0.237 e. The molecule has 0 radical (unpaired) electrons. The average Bonchev–Trinajstić information content (AvgIpc) is 2.20. The first-order valence-corrected chi connectivity index (χ1v) is 4.56. The van der Waals surface area contributed by atoms with Crippen molar-refractivity contribution >= 4 is 36.2 Å². The zero-order valence-corrected chi connectivity index (χ0v) is 10.8. The lowest BCUT2D eigenvalue weighted by atomic mass is 10.4. The number of aromatic nitrogens is 1. The van der Waals surface area contributed by atoms with E-state index in [0.717, 1.165) is 0 Å². The minimum Gasteiger partial charge on any atom is -0.474 e. The number of nitrogen functional groups attached to an aromatic ring is 2. The molecule has 1 heterocycles. The molecule has 17 heavy (non-hydrogen) atoms. The van der Waals surface area contributed by atoms with Gasteiger partial charge in [0.25, 0.3) is 0 Å². The molecule has 1 rings (SSSR count). The highest BCUT2D eigenvalue weighted by Crippen LogP contribution is 2.19. The van der Waals surface area contributed by atoms with E-state index in [1.54, 1.807) is 6.07 Å². The maximum Gasteiger partial charge on any atom is 0.237 e. The minimum atomic E-state index is 0. The van der Waals surface area contributed by atoms with Crippen LogP contribution in [0.25, 0.3) is 0 Å². The summed E-state index contributed by atoms with van der Waals surface area (Å²) in [5.74, 6) is 0.344. The Morgan fingerprint density at radius 3 is 2.47 bits per heavy atom. The topological polar surface area (TPSA) is 104 Å². The summed E-state index contributed by atoms with van der Waals surface area (Å²) in [6, 6.07) is 1.58. The van der Waals surface area contributed by atoms with E-state index in [2.05, 4.69) is 4.98 Å². The van der Waals surface area contributed by atoms with Gasteiger partial charge < -0.3 is 26.0 Å². The molecule has 1 aromatic heterocycles. The van der Waals surface area contributed by atoms with Crippen molar-refractivity contribution in [2.24, 2.45) is 0 Å². The number of nitrogens with zero attached hydrogens (tertiary/aromatic N) is 1. The van der Waals surface area contributed by atoms with Crippen LogP contribution in [0.4, 0.5) is 11.4 Å². The van der Waals surface area contributed by atoms with E-state index in [1.165, 1.54) is 6.20 Å². The van der Waals surface area contributed by atoms with Gasteiger partial charge >= 0.3 is 0 Å². The summed E-state index contributed by atoms with van der Waals surface area (Å²) in [6.45, 7) is 1.02. The highest BCUT2D eigenvalue weighted by atomic mass is 35.5. The van der Waals surface area contributed by atoms with Crippen molar-refractivity contribution in [3.63, 3.8) is 0 Å². The van der Waals surface area contributed by atoms with Crippen LogP contribution in [0.1, 0.15) is 0 Å². The molecule has 0 aliphatic rings. The van der Waals surface area contributed by atoms with E-state index in [4.69, 9.17) is 26.0 Å². The van der Waals surface area contributed by atoms with Crippen LogP contribution >= 0.6 is 24.8 Å². The van der Waals surface area contributed by atoms with Gasteiger partial charge in [0.05, 0.1) is 37.4 Å². The van der Waals surface area contributed by atoms with Crippen molar-refractivity contribution < 1.29 is 14.6 Å². The van der Waals surface area contributed by atoms with Crippen LogP contribution in [0.2, 0.25) is 0 Å². The van der Waals surface area contributed by atoms with Gasteiger partial charge in [-0.25, -0.2) is 4.98 Å². The van der Waals surface area contributed by atoms with Crippen LogP contribution in [-0.4, -0.2) is 36.5 Å². The van der Waals surface area contributed by atoms with Crippen LogP contribution in [0.5, 0.6) is 5.88 Å². The highest BCUT2D eigenvalue weighted by molar-refractivity contribution is 5.85. The van der Waals surface area contributed by atoms with Crippen LogP contribution in [0.15, 0.2) is 12.3 Å². The summed E-state index contributed by atoms with van der Waals surface area (Å²) < 4.78 is 10.2. The van der Waals surface area contributed by atoms with Gasteiger partial charge in [0.15, 0.2) is 0 Å². The maximum atomic E-state index is 8.45. The van der Waals surface area contributed by atoms with Crippen molar-refractivity contribution in [1.82, 2.24) is 4.98 Å². The fraction of sp³-hybridized carbons (Fsp3) is 0.444. The standard InChI is InChI=1S/C9H15N3O3.2ClH/c10-7-5-8(11)9(12-6-7)15-4-3-14-2-1-13;;/h5-6,13H,1-4,10-11H2;2*1H. The van der Waals surface area contributed by atoms with Gasteiger partial charge in [0.2, 0.25) is 5.88 Å². The molecule has 0 saturated heterocycles. The number of hydrogen-bond acceptors (Lipinski definition) is 6. The molecule has 6 nitrogen and oxygen atoms in total. The number of anilines is 2. The van der Waals surface area contributed by atoms with Crippen LogP contribution < -0.4 is 16.2 Å². The van der Waals surface area contributed by atoms with E-state index < -0.39 is 0 Å². The third-order valence-electron chi connectivity index (χ3n) is 1.60. The fourth-order valence-corrected chi connectivity index (χ4v) is 0.971. The lowest BCUT2D eigenvalue weighted by Crippen LogP contribution is -2.10. The first-order chi connectivity index (χ1) is 7.24. The highest BCUT2D eigenvalue weighted by Gasteiger charge is 2.01. The third kappa shape index (κ3) is 7.06. The Labute approximate surface area is 112 Å². The van der Waals surface area contributed by atoms with Gasteiger partial charge in [-0.3, -0.25) is 0 Å². The largest absolute Gasteiger partial charge is 0.474 e. The average molecular weight is 286 g/mol. The number of rotatable bonds is 6. The van der Waals surface area contributed by atoms with Gasteiger partial charge in [-0.05, 0) is 6.07 Å². The van der Waals surface area contributed by atoms with Crippen molar-refractivity contribution in [3.05, 3.63) is 12.3 Å². The Morgan fingerprint density at radius 2 is 1.88 bits per heavy atom. The molecular weight excluding hydrogens is 269 g/mol. The minimum absolute atomic E-state index is 0. The predicted molar refractivity (Wildman–Crippen MR) is 71.0 cm³/mol. The Morgan fingerprint density at radius 1 is 1.18 bits per heavy atom. The quantitative estimate of drug-likeness (QED) is 0.657. The summed E-state index contributed by atoms with van der Waals surface area (Å²) in [5, 5.41) is 8.45. The van der Waals surface area contributed by atoms with E-state index in [1.807, 2.05) is 0 Å². The summed E-state index contributed by atoms with van der Waals surface area (Å²) in [5.41, 5.74) is 12.0. The number of pyridine rings is 1. The molecule has 0 spiro atoms. The molecule has 100 valence electrons. The van der Waals surface area contributed by atoms with Gasteiger partial charge in [-0.1, -0.05) is 0 Å². The predicted octanol–water partition coefficient (Wildman–Crippen LogP) is 0.477. The molecule has 0 unspecified atom stereocenters. The van der Waals surface area contributed by atoms with E-state index in [9.17, 15) is 0 Å². The number of aliphatic hydroxyl groups excluding tert-OH is 1. The molecule has 0 amide bonds. The third-order valence-corrected chi connectivity index (χ3v) is 1.60. The first-order valence-electron chi connectivity index (χ1n) is 4.56. The second kappa shape index (κ2) is 10.2. The first kappa shape index (κ1) is 18.4. The molecule has 8 heteroatoms. The Bertz CT molecular complexity index is 316. The summed E-state index contributed by atoms with van der Waals surface area (Å²) in [4.78, 5) is 3.92. The molecular formula is C9H17Cl2N3O3. The zero-order chi connectivity index (χ0) is 11.1. The van der Waals surface area contributed by atoms with Crippen LogP contribution in [0, 0.1) is 0 Å². The molecule has 0 saturated carbocycles. The number of aliphatic hydroxyl groups is 1. The van der Waals surface area contributed by atoms with Crippen LogP contribution in [0.3, 0.4) is 0 Å². The van der Waals surface area contributed by atoms with Crippen molar-refractivity contribution in [2.45, 2.75) is 0 Å². The van der Waals surface area contributed by atoms with Crippen molar-refractivity contribution in [3.8, 4) is 5.88 Å². The summed E-state index contributed by atoms with van der Waals surface area (Å²) >= 11 is 0. The number of nitrogens with two attached hydrogens (primary N) is 2. The van der Waals surface area contributed by atoms with Gasteiger partial charge in [0, 0.05) is 0 Å². The molecule has 0 bridgehead atoms. The lowest BCUT2D eigenvalue weighted by Gasteiger charge is -2.07. The van der Waals surface area contributed by atoms with E-state index in [0.29, 0.717) is 37.1 Å². The molecule has 1 aromatic rings. The van der Waals surface area contributed by atoms with E-state index >= 15 is 0 Å². The SMILES string of the molecule is Cl.Cl.Nc1cnc(OCCOCCO)c(N)c1. The molecule has 0 aliphatic heterocycles. The lowest BCUT2D eigenvalue weighted by molar-refractivity contribution is 0.0697. The summed E-state index contributed by atoms with van der Waals surface area (Å²) in [7, 11) is 0. The fourth-order valence-electron chi connectivity index (χ4n) is 0.971. The van der Waals surface area contributed by atoms with Gasteiger partial charge in [0.1, 0.15) is 6.61 Å². The molecule has 0 aliphatic carbocycles. The number of hydrogen-bond donors (Lipinski definition) is 3. The van der Waals surface area contributed by atoms with Gasteiger partial charge in [-0.2, -0.15) is 0 Å². The number of ether oxygens (including phenoxy) is 2. The van der Waals surface area contributed by atoms with Gasteiger partial charge in [-0.15, -0.1) is 24.8 Å². The second-order valence-corrected chi connectivity index (χ2v) is 2.85. The monoisotopic (exact) mass is 285 g/mol. The zero-order valence-electron chi connectivity index (χ0n) is 9.17. The maximum absolute atomic E-state index is 8.45. The second-order valence-electron chi connectivity index (χ2n) is 2.85. The normalized spacial score (nSPS) is 9.00. The number of halogens is 2. The van der Waals surface area contributed by atoms with Crippen molar-refractivity contribution in [2.75, 3.05) is 37.9 Å². The van der Waals surface area contributed by atoms with Crippen molar-refractivity contribution in [1.29, 1.82) is 0 Å². The Kier molecular flexibility index (Phi) is 11.1. The van der Waals surface area contributed by atoms with Crippen LogP contribution in [-0.2, 0) is 4.74 Å².